The molecule has 0 bridgehead atoms. The maximum atomic E-state index is 12.2. The van der Waals surface area contributed by atoms with Gasteiger partial charge in [-0.1, -0.05) is 43.2 Å². The van der Waals surface area contributed by atoms with E-state index in [4.69, 9.17) is 0 Å². The zero-order valence-corrected chi connectivity index (χ0v) is 12.2. The number of amides is 2. The van der Waals surface area contributed by atoms with Crippen molar-refractivity contribution in [3.63, 3.8) is 0 Å². The monoisotopic (exact) mass is 260 g/mol. The highest BCUT2D eigenvalue weighted by molar-refractivity contribution is 5.75. The molecule has 2 rings (SSSR count). The topological polar surface area (TPSA) is 32.3 Å². The molecule has 1 aromatic rings. The van der Waals surface area contributed by atoms with E-state index in [9.17, 15) is 4.79 Å². The molecule has 3 heteroatoms. The number of nitrogens with one attached hydrogen (secondary N) is 1. The molecule has 0 spiro atoms. The Labute approximate surface area is 116 Å². The average molecular weight is 260 g/mol. The Kier molecular flexibility index (Phi) is 4.13. The second kappa shape index (κ2) is 5.64. The molecule has 1 aromatic carbocycles. The maximum Gasteiger partial charge on any atom is 0.317 e. The fourth-order valence-electron chi connectivity index (χ4n) is 2.28. The quantitative estimate of drug-likeness (QED) is 0.864. The predicted molar refractivity (Wildman–Crippen MR) is 78.2 cm³/mol. The van der Waals surface area contributed by atoms with E-state index >= 15 is 0 Å². The third-order valence-corrected chi connectivity index (χ3v) is 3.89. The van der Waals surface area contributed by atoms with Gasteiger partial charge in [-0.05, 0) is 31.7 Å². The van der Waals surface area contributed by atoms with E-state index in [0.29, 0.717) is 0 Å². The van der Waals surface area contributed by atoms with Crippen LogP contribution in [0, 0.1) is 6.92 Å². The Morgan fingerprint density at radius 3 is 2.47 bits per heavy atom. The molecule has 0 aromatic heterocycles. The Bertz CT molecular complexity index is 435. The molecule has 1 fully saturated rings. The summed E-state index contributed by atoms with van der Waals surface area (Å²) in [5, 5.41) is 3.20. The van der Waals surface area contributed by atoms with E-state index in [1.807, 2.05) is 7.05 Å². The second-order valence-corrected chi connectivity index (χ2v) is 5.65. The Morgan fingerprint density at radius 1 is 1.32 bits per heavy atom. The van der Waals surface area contributed by atoms with Crippen LogP contribution in [0.25, 0.3) is 0 Å². The van der Waals surface area contributed by atoms with Crippen LogP contribution in [0.3, 0.4) is 0 Å². The van der Waals surface area contributed by atoms with E-state index in [0.717, 1.165) is 32.2 Å². The largest absolute Gasteiger partial charge is 0.328 e. The summed E-state index contributed by atoms with van der Waals surface area (Å²) in [5.41, 5.74) is 2.38. The number of carbonyl (C=O) groups excluding carboxylic acids is 1. The van der Waals surface area contributed by atoms with Crippen LogP contribution in [0.1, 0.15) is 43.7 Å². The number of carbonyl (C=O) groups is 1. The Morgan fingerprint density at radius 2 is 1.95 bits per heavy atom. The molecule has 2 amide bonds. The summed E-state index contributed by atoms with van der Waals surface area (Å²) in [6.45, 7) is 5.05. The number of benzene rings is 1. The van der Waals surface area contributed by atoms with Crippen LogP contribution >= 0.6 is 0 Å². The van der Waals surface area contributed by atoms with Gasteiger partial charge >= 0.3 is 6.03 Å². The van der Waals surface area contributed by atoms with Gasteiger partial charge in [-0.3, -0.25) is 0 Å². The number of rotatable bonds is 5. The number of aryl methyl sites for hydroxylation is 1. The number of hydrogen-bond acceptors (Lipinski definition) is 1. The van der Waals surface area contributed by atoms with Crippen molar-refractivity contribution in [1.29, 1.82) is 0 Å². The van der Waals surface area contributed by atoms with Crippen molar-refractivity contribution in [3.05, 3.63) is 35.4 Å². The molecule has 0 unspecified atom stereocenters. The summed E-state index contributed by atoms with van der Waals surface area (Å²) < 4.78 is 0. The van der Waals surface area contributed by atoms with E-state index in [2.05, 4.69) is 43.4 Å². The van der Waals surface area contributed by atoms with Crippen LogP contribution in [0.2, 0.25) is 0 Å². The highest BCUT2D eigenvalue weighted by Crippen LogP contribution is 2.45. The van der Waals surface area contributed by atoms with Crippen molar-refractivity contribution >= 4 is 6.03 Å². The van der Waals surface area contributed by atoms with Crippen LogP contribution < -0.4 is 5.32 Å². The minimum Gasteiger partial charge on any atom is -0.328 e. The molecule has 3 nitrogen and oxygen atoms in total. The van der Waals surface area contributed by atoms with E-state index in [1.54, 1.807) is 4.90 Å². The van der Waals surface area contributed by atoms with Gasteiger partial charge in [0.1, 0.15) is 0 Å². The van der Waals surface area contributed by atoms with Crippen molar-refractivity contribution < 1.29 is 4.79 Å². The molecular weight excluding hydrogens is 236 g/mol. The first-order chi connectivity index (χ1) is 9.07. The Hall–Kier alpha value is -1.51. The normalized spacial score (nSPS) is 15.9. The molecular formula is C16H24N2O. The van der Waals surface area contributed by atoms with Gasteiger partial charge < -0.3 is 10.2 Å². The van der Waals surface area contributed by atoms with Crippen LogP contribution in [-0.4, -0.2) is 24.5 Å². The zero-order chi connectivity index (χ0) is 13.9. The molecule has 19 heavy (non-hydrogen) atoms. The third-order valence-electron chi connectivity index (χ3n) is 3.89. The van der Waals surface area contributed by atoms with Gasteiger partial charge in [-0.2, -0.15) is 0 Å². The SMILES string of the molecule is CCCCN(C)C(=O)NC1(c2ccc(C)cc2)CC1. The van der Waals surface area contributed by atoms with Crippen molar-refractivity contribution in [2.75, 3.05) is 13.6 Å². The number of nitrogens with zero attached hydrogens (tertiary/aromatic N) is 1. The molecule has 0 heterocycles. The van der Waals surface area contributed by atoms with Crippen LogP contribution in [-0.2, 0) is 5.54 Å². The van der Waals surface area contributed by atoms with Crippen molar-refractivity contribution in [2.45, 2.75) is 45.1 Å². The van der Waals surface area contributed by atoms with Gasteiger partial charge in [0.15, 0.2) is 0 Å². The second-order valence-electron chi connectivity index (χ2n) is 5.65. The van der Waals surface area contributed by atoms with E-state index in [1.165, 1.54) is 11.1 Å². The minimum atomic E-state index is -0.106. The number of unbranched alkanes of at least 4 members (excludes halogenated alkanes) is 1. The standard InChI is InChI=1S/C16H24N2O/c1-4-5-12-18(3)15(19)17-16(10-11-16)14-8-6-13(2)7-9-14/h6-9H,4-5,10-12H2,1-3H3,(H,17,19). The van der Waals surface area contributed by atoms with E-state index in [-0.39, 0.29) is 11.6 Å². The van der Waals surface area contributed by atoms with Crippen LogP contribution in [0.5, 0.6) is 0 Å². The average Bonchev–Trinajstić information content (AvgIpc) is 3.17. The first kappa shape index (κ1) is 13.9. The molecule has 0 saturated heterocycles. The molecule has 0 atom stereocenters. The predicted octanol–water partition coefficient (Wildman–Crippen LogP) is 3.43. The summed E-state index contributed by atoms with van der Waals surface area (Å²) in [5.74, 6) is 0. The number of urea groups is 1. The van der Waals surface area contributed by atoms with Crippen LogP contribution in [0.4, 0.5) is 4.79 Å². The van der Waals surface area contributed by atoms with Gasteiger partial charge in [0, 0.05) is 13.6 Å². The highest BCUT2D eigenvalue weighted by Gasteiger charge is 2.45. The smallest absolute Gasteiger partial charge is 0.317 e. The maximum absolute atomic E-state index is 12.2. The molecule has 0 radical (unpaired) electrons. The summed E-state index contributed by atoms with van der Waals surface area (Å²) >= 11 is 0. The molecule has 1 N–H and O–H groups in total. The lowest BCUT2D eigenvalue weighted by atomic mass is 10.0. The Balaban J connectivity index is 1.98. The minimum absolute atomic E-state index is 0.0477. The van der Waals surface area contributed by atoms with Crippen molar-refractivity contribution in [3.8, 4) is 0 Å². The fourth-order valence-corrected chi connectivity index (χ4v) is 2.28. The van der Waals surface area contributed by atoms with Crippen molar-refractivity contribution in [1.82, 2.24) is 10.2 Å². The lowest BCUT2D eigenvalue weighted by molar-refractivity contribution is 0.202. The number of hydrogen-bond donors (Lipinski definition) is 1. The van der Waals surface area contributed by atoms with E-state index < -0.39 is 0 Å². The highest BCUT2D eigenvalue weighted by atomic mass is 16.2. The summed E-state index contributed by atoms with van der Waals surface area (Å²) in [6.07, 6.45) is 4.26. The fraction of sp³-hybridized carbons (Fsp3) is 0.562. The molecule has 0 aliphatic heterocycles. The molecule has 1 saturated carbocycles. The van der Waals surface area contributed by atoms with Gasteiger partial charge in [-0.25, -0.2) is 4.79 Å². The first-order valence-electron chi connectivity index (χ1n) is 7.18. The summed E-state index contributed by atoms with van der Waals surface area (Å²) in [7, 11) is 1.87. The summed E-state index contributed by atoms with van der Waals surface area (Å²) in [6, 6.07) is 8.54. The van der Waals surface area contributed by atoms with Crippen molar-refractivity contribution in [2.24, 2.45) is 0 Å². The summed E-state index contributed by atoms with van der Waals surface area (Å²) in [4.78, 5) is 13.9. The van der Waals surface area contributed by atoms with Crippen LogP contribution in [0.15, 0.2) is 24.3 Å². The molecule has 1 aliphatic rings. The van der Waals surface area contributed by atoms with Gasteiger partial charge in [0.25, 0.3) is 0 Å². The zero-order valence-electron chi connectivity index (χ0n) is 12.2. The molecule has 1 aliphatic carbocycles. The first-order valence-corrected chi connectivity index (χ1v) is 7.18. The van der Waals surface area contributed by atoms with Gasteiger partial charge in [0.2, 0.25) is 0 Å². The molecule has 104 valence electrons. The lowest BCUT2D eigenvalue weighted by Crippen LogP contribution is -2.43. The van der Waals surface area contributed by atoms with Gasteiger partial charge in [-0.15, -0.1) is 0 Å². The van der Waals surface area contributed by atoms with Gasteiger partial charge in [0.05, 0.1) is 5.54 Å². The third kappa shape index (κ3) is 3.28. The lowest BCUT2D eigenvalue weighted by Gasteiger charge is -2.23.